The second-order valence-corrected chi connectivity index (χ2v) is 12.1. The van der Waals surface area contributed by atoms with Gasteiger partial charge in [0.15, 0.2) is 0 Å². The van der Waals surface area contributed by atoms with E-state index in [0.717, 1.165) is 55.2 Å². The van der Waals surface area contributed by atoms with Crippen LogP contribution in [0.4, 0.5) is 0 Å². The molecule has 7 nitrogen and oxygen atoms in total. The number of amides is 2. The fourth-order valence-electron chi connectivity index (χ4n) is 6.50. The maximum Gasteiger partial charge on any atom is 0.295 e. The molecule has 7 heteroatoms. The molecule has 0 aromatic heterocycles. The molecule has 0 radical (unpaired) electrons. The summed E-state index contributed by atoms with van der Waals surface area (Å²) in [5, 5.41) is 3.32. The van der Waals surface area contributed by atoms with Crippen molar-refractivity contribution in [3.63, 3.8) is 0 Å². The first-order chi connectivity index (χ1) is 22.9. The molecule has 0 saturated carbocycles. The minimum Gasteiger partial charge on any atom is -0.496 e. The molecule has 0 fully saturated rings. The van der Waals surface area contributed by atoms with Crippen LogP contribution in [0.3, 0.4) is 0 Å². The topological polar surface area (TPSA) is 84.9 Å². The van der Waals surface area contributed by atoms with Gasteiger partial charge in [-0.1, -0.05) is 84.9 Å². The lowest BCUT2D eigenvalue weighted by Gasteiger charge is -2.37. The number of methoxy groups -OCH3 is 2. The van der Waals surface area contributed by atoms with Gasteiger partial charge in [0.05, 0.1) is 14.2 Å². The Hall–Kier alpha value is -4.91. The van der Waals surface area contributed by atoms with E-state index >= 15 is 0 Å². The Kier molecular flexibility index (Phi) is 11.4. The number of ketones is 1. The zero-order valence-corrected chi connectivity index (χ0v) is 27.5. The van der Waals surface area contributed by atoms with Gasteiger partial charge in [-0.3, -0.25) is 14.4 Å². The van der Waals surface area contributed by atoms with E-state index in [2.05, 4.69) is 29.6 Å². The number of fused-ring (bicyclic) bond motifs is 1. The first kappa shape index (κ1) is 33.5. The van der Waals surface area contributed by atoms with Gasteiger partial charge in [0.2, 0.25) is 5.91 Å². The van der Waals surface area contributed by atoms with Gasteiger partial charge in [-0.2, -0.15) is 0 Å². The second kappa shape index (κ2) is 16.1. The number of benzene rings is 4. The number of hydrogen-bond donors (Lipinski definition) is 1. The molecule has 1 aliphatic heterocycles. The molecule has 4 aromatic rings. The molecule has 5 rings (SSSR count). The van der Waals surface area contributed by atoms with Crippen LogP contribution in [0, 0.1) is 6.92 Å². The van der Waals surface area contributed by atoms with Crippen molar-refractivity contribution >= 4 is 17.6 Å². The Labute approximate surface area is 277 Å². The standard InChI is InChI=1S/C40H44N2O5/c1-28-35(46-2)26-32(27-36(28)47-3)38(43)40(45)42-25-24-31-20-10-11-23-34(31)37(42)39(44)41-33(21-12-18-29-14-6-4-7-15-29)22-13-19-30-16-8-5-9-17-30/h4-11,14-17,20,23,26-27,33,37H,12-13,18-19,21-22,24-25H2,1-3H3,(H,41,44)/t37-/m0/s1. The summed E-state index contributed by atoms with van der Waals surface area (Å²) in [4.78, 5) is 43.4. The minimum atomic E-state index is -0.920. The summed E-state index contributed by atoms with van der Waals surface area (Å²) in [7, 11) is 3.02. The highest BCUT2D eigenvalue weighted by Crippen LogP contribution is 2.33. The Balaban J connectivity index is 1.37. The Morgan fingerprint density at radius 2 is 1.32 bits per heavy atom. The monoisotopic (exact) mass is 632 g/mol. The molecular weight excluding hydrogens is 588 g/mol. The number of carbonyl (C=O) groups is 3. The number of nitrogens with one attached hydrogen (secondary N) is 1. The van der Waals surface area contributed by atoms with Crippen LogP contribution in [0.5, 0.6) is 11.5 Å². The molecule has 0 unspecified atom stereocenters. The molecule has 244 valence electrons. The third-order valence-corrected chi connectivity index (χ3v) is 9.07. The average Bonchev–Trinajstić information content (AvgIpc) is 3.11. The smallest absolute Gasteiger partial charge is 0.295 e. The van der Waals surface area contributed by atoms with E-state index in [-0.39, 0.29) is 24.1 Å². The van der Waals surface area contributed by atoms with Crippen LogP contribution in [-0.4, -0.2) is 49.3 Å². The first-order valence-corrected chi connectivity index (χ1v) is 16.4. The quantitative estimate of drug-likeness (QED) is 0.121. The summed E-state index contributed by atoms with van der Waals surface area (Å²) in [6.07, 6.45) is 5.83. The van der Waals surface area contributed by atoms with E-state index in [9.17, 15) is 14.4 Å². The highest BCUT2D eigenvalue weighted by atomic mass is 16.5. The van der Waals surface area contributed by atoms with E-state index in [4.69, 9.17) is 9.47 Å². The lowest BCUT2D eigenvalue weighted by atomic mass is 9.90. The molecule has 1 aliphatic rings. The second-order valence-electron chi connectivity index (χ2n) is 12.1. The zero-order chi connectivity index (χ0) is 33.2. The third kappa shape index (κ3) is 8.28. The maximum absolute atomic E-state index is 14.3. The molecule has 2 amide bonds. The van der Waals surface area contributed by atoms with E-state index in [0.29, 0.717) is 17.9 Å². The fraction of sp³-hybridized carbons (Fsp3) is 0.325. The van der Waals surface area contributed by atoms with Crippen molar-refractivity contribution in [1.29, 1.82) is 0 Å². The number of nitrogens with zero attached hydrogens (tertiary/aromatic N) is 1. The van der Waals surface area contributed by atoms with E-state index in [1.165, 1.54) is 30.2 Å². The van der Waals surface area contributed by atoms with Gasteiger partial charge in [-0.25, -0.2) is 0 Å². The van der Waals surface area contributed by atoms with E-state index in [1.54, 1.807) is 12.1 Å². The van der Waals surface area contributed by atoms with Crippen molar-refractivity contribution in [3.8, 4) is 11.5 Å². The van der Waals surface area contributed by atoms with Crippen LogP contribution in [0.25, 0.3) is 0 Å². The van der Waals surface area contributed by atoms with Crippen LogP contribution in [-0.2, 0) is 28.9 Å². The molecule has 0 aliphatic carbocycles. The van der Waals surface area contributed by atoms with E-state index in [1.807, 2.05) is 67.6 Å². The summed E-state index contributed by atoms with van der Waals surface area (Å²) in [6.45, 7) is 2.08. The van der Waals surface area contributed by atoms with Gasteiger partial charge >= 0.3 is 0 Å². The number of rotatable bonds is 14. The van der Waals surface area contributed by atoms with E-state index < -0.39 is 17.7 Å². The summed E-state index contributed by atoms with van der Waals surface area (Å²) in [5.74, 6) is -0.791. The van der Waals surface area contributed by atoms with Crippen LogP contribution < -0.4 is 14.8 Å². The Morgan fingerprint density at radius 1 is 0.787 bits per heavy atom. The number of aryl methyl sites for hydroxylation is 2. The van der Waals surface area contributed by atoms with Crippen molar-refractivity contribution in [2.45, 2.75) is 64.0 Å². The summed E-state index contributed by atoms with van der Waals surface area (Å²) >= 11 is 0. The normalized spacial score (nSPS) is 14.0. The molecule has 47 heavy (non-hydrogen) atoms. The molecule has 1 heterocycles. The number of Topliss-reactive ketones (excluding diaryl/α,β-unsaturated/α-hetero) is 1. The Bertz CT molecular complexity index is 1600. The largest absolute Gasteiger partial charge is 0.496 e. The molecule has 1 N–H and O–H groups in total. The van der Waals surface area contributed by atoms with Crippen LogP contribution in [0.15, 0.2) is 97.1 Å². The van der Waals surface area contributed by atoms with Crippen LogP contribution in [0.1, 0.15) is 69.9 Å². The highest BCUT2D eigenvalue weighted by Gasteiger charge is 2.39. The first-order valence-electron chi connectivity index (χ1n) is 16.4. The van der Waals surface area contributed by atoms with Crippen molar-refractivity contribution in [2.24, 2.45) is 0 Å². The average molecular weight is 633 g/mol. The van der Waals surface area contributed by atoms with Crippen molar-refractivity contribution in [1.82, 2.24) is 10.2 Å². The summed E-state index contributed by atoms with van der Waals surface area (Å²) in [6, 6.07) is 30.5. The van der Waals surface area contributed by atoms with Crippen molar-refractivity contribution < 1.29 is 23.9 Å². The van der Waals surface area contributed by atoms with Crippen molar-refractivity contribution in [2.75, 3.05) is 20.8 Å². The molecule has 0 saturated heterocycles. The van der Waals surface area contributed by atoms with Crippen LogP contribution in [0.2, 0.25) is 0 Å². The zero-order valence-electron chi connectivity index (χ0n) is 27.5. The lowest BCUT2D eigenvalue weighted by Crippen LogP contribution is -2.51. The van der Waals surface area contributed by atoms with Gasteiger partial charge in [-0.05, 0) is 86.3 Å². The van der Waals surface area contributed by atoms with Gasteiger partial charge in [0, 0.05) is 23.7 Å². The maximum atomic E-state index is 14.3. The van der Waals surface area contributed by atoms with Gasteiger partial charge in [0.25, 0.3) is 11.7 Å². The van der Waals surface area contributed by atoms with Gasteiger partial charge in [0.1, 0.15) is 17.5 Å². The highest BCUT2D eigenvalue weighted by molar-refractivity contribution is 6.43. The number of carbonyl (C=O) groups excluding carboxylic acids is 3. The number of ether oxygens (including phenoxy) is 2. The third-order valence-electron chi connectivity index (χ3n) is 9.07. The molecule has 1 atom stereocenters. The molecule has 4 aromatic carbocycles. The summed E-state index contributed by atoms with van der Waals surface area (Å²) in [5.41, 5.74) is 5.18. The molecule has 0 spiro atoms. The Morgan fingerprint density at radius 3 is 1.87 bits per heavy atom. The van der Waals surface area contributed by atoms with Gasteiger partial charge < -0.3 is 19.7 Å². The lowest BCUT2D eigenvalue weighted by molar-refractivity contribution is -0.138. The van der Waals surface area contributed by atoms with Crippen LogP contribution >= 0.6 is 0 Å². The number of hydrogen-bond acceptors (Lipinski definition) is 5. The summed E-state index contributed by atoms with van der Waals surface area (Å²) < 4.78 is 10.9. The van der Waals surface area contributed by atoms with Crippen molar-refractivity contribution in [3.05, 3.63) is 130 Å². The fourth-order valence-corrected chi connectivity index (χ4v) is 6.50. The molecule has 0 bridgehead atoms. The predicted octanol–water partition coefficient (Wildman–Crippen LogP) is 6.85. The molecular formula is C40H44N2O5. The SMILES string of the molecule is COc1cc(C(=O)C(=O)N2CCc3ccccc3[C@H]2C(=O)NC(CCCc2ccccc2)CCCc2ccccc2)cc(OC)c1C. The predicted molar refractivity (Wildman–Crippen MR) is 184 cm³/mol. The van der Waals surface area contributed by atoms with Gasteiger partial charge in [-0.15, -0.1) is 0 Å². The minimum absolute atomic E-state index is 0.0812.